The summed E-state index contributed by atoms with van der Waals surface area (Å²) in [7, 11) is -7.12. The van der Waals surface area contributed by atoms with Crippen molar-refractivity contribution in [3.8, 4) is 0 Å². The summed E-state index contributed by atoms with van der Waals surface area (Å²) in [6.07, 6.45) is -10.3. The third-order valence-corrected chi connectivity index (χ3v) is 6.75. The number of hydrogen-bond donors (Lipinski definition) is 3. The van der Waals surface area contributed by atoms with Gasteiger partial charge in [-0.25, -0.2) is 5.48 Å². The van der Waals surface area contributed by atoms with Crippen LogP contribution in [0.2, 0.25) is 0 Å². The Morgan fingerprint density at radius 2 is 1.45 bits per heavy atom. The Balaban J connectivity index is 2.35. The Morgan fingerprint density at radius 1 is 0.935 bits per heavy atom. The molecule has 5 atom stereocenters. The van der Waals surface area contributed by atoms with Gasteiger partial charge in [0.15, 0.2) is 0 Å². The van der Waals surface area contributed by atoms with Crippen LogP contribution in [-0.4, -0.2) is 54.8 Å². The topological polar surface area (TPSA) is 136 Å². The van der Waals surface area contributed by atoms with Crippen molar-refractivity contribution in [3.63, 3.8) is 0 Å². The maximum atomic E-state index is 13.8. The van der Waals surface area contributed by atoms with E-state index in [1.54, 1.807) is 0 Å². The summed E-state index contributed by atoms with van der Waals surface area (Å²) < 4.78 is 144. The van der Waals surface area contributed by atoms with Crippen molar-refractivity contribution in [2.24, 2.45) is 29.4 Å². The third-order valence-electron chi connectivity index (χ3n) is 5.37. The van der Waals surface area contributed by atoms with Crippen molar-refractivity contribution in [1.29, 1.82) is 0 Å². The minimum absolute atomic E-state index is 0.299. The monoisotopic (exact) mass is 496 g/mol. The van der Waals surface area contributed by atoms with E-state index < -0.39 is 81.4 Å². The van der Waals surface area contributed by atoms with Crippen molar-refractivity contribution >= 4 is 21.9 Å². The van der Waals surface area contributed by atoms with Gasteiger partial charge in [0.05, 0.1) is 17.9 Å². The van der Waals surface area contributed by atoms with E-state index in [9.17, 15) is 57.5 Å². The van der Waals surface area contributed by atoms with Crippen molar-refractivity contribution in [2.75, 3.05) is 0 Å². The lowest BCUT2D eigenvalue weighted by atomic mass is 9.77. The quantitative estimate of drug-likeness (QED) is 0.211. The fourth-order valence-electron chi connectivity index (χ4n) is 3.99. The molecule has 2 aliphatic rings. The molecule has 0 aromatic rings. The van der Waals surface area contributed by atoms with Crippen LogP contribution in [0, 0.1) is 23.7 Å². The van der Waals surface area contributed by atoms with Crippen molar-refractivity contribution in [1.82, 2.24) is 5.48 Å². The van der Waals surface area contributed by atoms with Gasteiger partial charge in [0.1, 0.15) is 0 Å². The maximum Gasteiger partial charge on any atom is 0.460 e. The Labute approximate surface area is 167 Å². The predicted octanol–water partition coefficient (Wildman–Crippen LogP) is 1.39. The first-order chi connectivity index (χ1) is 13.7. The molecule has 0 radical (unpaired) electrons. The van der Waals surface area contributed by atoms with Gasteiger partial charge < -0.3 is 5.73 Å². The van der Waals surface area contributed by atoms with Crippen LogP contribution in [0.4, 0.5) is 39.5 Å². The van der Waals surface area contributed by atoms with E-state index in [4.69, 9.17) is 10.9 Å². The molecule has 2 rings (SSSR count). The molecule has 0 aromatic carbocycles. The van der Waals surface area contributed by atoms with Crippen LogP contribution in [0.15, 0.2) is 0 Å². The minimum Gasteiger partial charge on any atom is -0.369 e. The van der Waals surface area contributed by atoms with Crippen LogP contribution in [0.3, 0.4) is 0 Å². The SMILES string of the molecule is NC(=O)C1C2CC(CC2OS(=O)(=O)C(F)(F)C(F)(F)C(F)(F)C(F)(F)F)C1C(=O)NO. The molecule has 0 heterocycles. The van der Waals surface area contributed by atoms with Gasteiger partial charge in [0.25, 0.3) is 0 Å². The number of primary amides is 1. The summed E-state index contributed by atoms with van der Waals surface area (Å²) in [5, 5.41) is 1.65. The first kappa shape index (κ1) is 25.4. The molecule has 0 saturated heterocycles. The number of rotatable bonds is 7. The first-order valence-corrected chi connectivity index (χ1v) is 9.51. The van der Waals surface area contributed by atoms with Crippen molar-refractivity contribution in [2.45, 2.75) is 42.2 Å². The number of alkyl halides is 9. The second-order valence-electron chi connectivity index (χ2n) is 7.08. The van der Waals surface area contributed by atoms with E-state index in [1.807, 2.05) is 0 Å². The zero-order valence-corrected chi connectivity index (χ0v) is 15.5. The maximum absolute atomic E-state index is 13.8. The number of amides is 2. The molecule has 18 heteroatoms. The molecule has 2 fully saturated rings. The molecule has 0 aliphatic heterocycles. The number of hydrogen-bond acceptors (Lipinski definition) is 6. The molecule has 2 aliphatic carbocycles. The smallest absolute Gasteiger partial charge is 0.369 e. The number of carbonyl (C=O) groups excluding carboxylic acids is 2. The molecule has 4 N–H and O–H groups in total. The molecule has 2 saturated carbocycles. The second kappa shape index (κ2) is 7.36. The number of nitrogens with one attached hydrogen (secondary N) is 1. The molecular formula is C13H13F9N2O6S. The zero-order chi connectivity index (χ0) is 24.4. The van der Waals surface area contributed by atoms with Crippen LogP contribution in [0.25, 0.3) is 0 Å². The Kier molecular flexibility index (Phi) is 6.04. The molecule has 0 spiro atoms. The lowest BCUT2D eigenvalue weighted by molar-refractivity contribution is -0.383. The molecule has 180 valence electrons. The van der Waals surface area contributed by atoms with Crippen LogP contribution in [0.1, 0.15) is 12.8 Å². The summed E-state index contributed by atoms with van der Waals surface area (Å²) in [5.74, 6) is -22.8. The van der Waals surface area contributed by atoms with E-state index in [0.717, 1.165) is 0 Å². The molecule has 2 bridgehead atoms. The fourth-order valence-corrected chi connectivity index (χ4v) is 5.10. The zero-order valence-electron chi connectivity index (χ0n) is 14.7. The summed E-state index contributed by atoms with van der Waals surface area (Å²) in [5.41, 5.74) is 6.26. The van der Waals surface area contributed by atoms with Crippen LogP contribution >= 0.6 is 0 Å². The lowest BCUT2D eigenvalue weighted by Crippen LogP contribution is -2.63. The Hall–Kier alpha value is -1.82. The number of hydroxylamine groups is 1. The summed E-state index contributed by atoms with van der Waals surface area (Å²) in [6.45, 7) is 0. The highest BCUT2D eigenvalue weighted by Gasteiger charge is 2.86. The van der Waals surface area contributed by atoms with Gasteiger partial charge in [-0.2, -0.15) is 47.9 Å². The standard InChI is InChI=1S/C13H13F9N2O6S/c14-10(15,12(18,19)20)11(16,17)13(21,22)31(28,29)30-5-2-3-1-4(5)7(8(23)25)6(3)9(26)24-27/h3-7,27H,1-2H2,(H2,23,25)(H,24,26). The van der Waals surface area contributed by atoms with Crippen LogP contribution < -0.4 is 11.2 Å². The molecular weight excluding hydrogens is 483 g/mol. The van der Waals surface area contributed by atoms with E-state index in [0.29, 0.717) is 0 Å². The van der Waals surface area contributed by atoms with Gasteiger partial charge in [0.2, 0.25) is 11.8 Å². The summed E-state index contributed by atoms with van der Waals surface area (Å²) in [6, 6.07) is 0. The molecule has 2 amide bonds. The average molecular weight is 496 g/mol. The van der Waals surface area contributed by atoms with Gasteiger partial charge in [-0.3, -0.25) is 19.0 Å². The Morgan fingerprint density at radius 3 is 1.87 bits per heavy atom. The van der Waals surface area contributed by atoms with E-state index >= 15 is 0 Å². The highest BCUT2D eigenvalue weighted by atomic mass is 32.2. The van der Waals surface area contributed by atoms with Gasteiger partial charge in [-0.05, 0) is 24.7 Å². The Bertz CT molecular complexity index is 862. The first-order valence-electron chi connectivity index (χ1n) is 8.10. The van der Waals surface area contributed by atoms with E-state index in [1.165, 1.54) is 5.48 Å². The van der Waals surface area contributed by atoms with Crippen LogP contribution in [0.5, 0.6) is 0 Å². The second-order valence-corrected chi connectivity index (χ2v) is 8.69. The van der Waals surface area contributed by atoms with Crippen molar-refractivity contribution in [3.05, 3.63) is 0 Å². The fraction of sp³-hybridized carbons (Fsp3) is 0.846. The predicted molar refractivity (Wildman–Crippen MR) is 77.0 cm³/mol. The highest BCUT2D eigenvalue weighted by molar-refractivity contribution is 7.87. The molecule has 5 unspecified atom stereocenters. The summed E-state index contributed by atoms with van der Waals surface area (Å²) >= 11 is 0. The molecule has 8 nitrogen and oxygen atoms in total. The van der Waals surface area contributed by atoms with Crippen molar-refractivity contribution < 1.29 is 66.9 Å². The van der Waals surface area contributed by atoms with Gasteiger partial charge in [-0.1, -0.05) is 0 Å². The van der Waals surface area contributed by atoms with E-state index in [-0.39, 0.29) is 6.42 Å². The number of nitrogens with two attached hydrogens (primary N) is 1. The largest absolute Gasteiger partial charge is 0.460 e. The van der Waals surface area contributed by atoms with Crippen LogP contribution in [-0.2, 0) is 23.9 Å². The lowest BCUT2D eigenvalue weighted by Gasteiger charge is -2.35. The number of halogens is 9. The highest BCUT2D eigenvalue weighted by Crippen LogP contribution is 2.57. The van der Waals surface area contributed by atoms with Gasteiger partial charge >= 0.3 is 33.4 Å². The molecule has 31 heavy (non-hydrogen) atoms. The number of carbonyl (C=O) groups is 2. The van der Waals surface area contributed by atoms with Gasteiger partial charge in [-0.15, -0.1) is 0 Å². The summed E-state index contributed by atoms with van der Waals surface area (Å²) in [4.78, 5) is 23.3. The average Bonchev–Trinajstić information content (AvgIpc) is 3.16. The third kappa shape index (κ3) is 3.61. The molecule has 0 aromatic heterocycles. The van der Waals surface area contributed by atoms with E-state index in [2.05, 4.69) is 4.18 Å². The van der Waals surface area contributed by atoms with Gasteiger partial charge in [0, 0.05) is 0 Å². The minimum atomic E-state index is -7.46. The normalized spacial score (nSPS) is 29.8. The number of fused-ring (bicyclic) bond motifs is 2.